The average molecular weight is 150 g/mol. The van der Waals surface area contributed by atoms with Gasteiger partial charge < -0.3 is 5.11 Å². The fraction of sp³-hybridized carbons (Fsp3) is 0.286. The quantitative estimate of drug-likeness (QED) is 0.466. The number of nitrogens with zero attached hydrogens (tertiary/aromatic N) is 2. The Morgan fingerprint density at radius 2 is 1.91 bits per heavy atom. The van der Waals surface area contributed by atoms with Crippen LogP contribution < -0.4 is 0 Å². The molecule has 4 heteroatoms. The van der Waals surface area contributed by atoms with E-state index < -0.39 is 5.97 Å². The number of allylic oxidation sites excluding steroid dienone is 1. The SMILES string of the molecule is CCC(C(=O)O)=C(C#N)C#N. The first-order chi connectivity index (χ1) is 5.17. The number of carbonyl (C=O) groups is 1. The monoisotopic (exact) mass is 150 g/mol. The van der Waals surface area contributed by atoms with E-state index in [1.807, 2.05) is 0 Å². The summed E-state index contributed by atoms with van der Waals surface area (Å²) in [7, 11) is 0. The summed E-state index contributed by atoms with van der Waals surface area (Å²) >= 11 is 0. The number of nitriles is 2. The molecule has 4 nitrogen and oxygen atoms in total. The maximum Gasteiger partial charge on any atom is 0.333 e. The van der Waals surface area contributed by atoms with E-state index in [4.69, 9.17) is 15.6 Å². The summed E-state index contributed by atoms with van der Waals surface area (Å²) < 4.78 is 0. The van der Waals surface area contributed by atoms with Crippen molar-refractivity contribution in [1.82, 2.24) is 0 Å². The Morgan fingerprint density at radius 3 is 2.00 bits per heavy atom. The number of rotatable bonds is 2. The number of carboxylic acid groups (broad SMARTS) is 1. The van der Waals surface area contributed by atoms with E-state index in [0.717, 1.165) is 0 Å². The third-order valence-corrected chi connectivity index (χ3v) is 1.14. The van der Waals surface area contributed by atoms with Crippen LogP contribution in [0, 0.1) is 22.7 Å². The molecule has 0 radical (unpaired) electrons. The zero-order valence-corrected chi connectivity index (χ0v) is 5.96. The molecule has 0 atom stereocenters. The van der Waals surface area contributed by atoms with Gasteiger partial charge in [-0.1, -0.05) is 6.92 Å². The second kappa shape index (κ2) is 4.08. The van der Waals surface area contributed by atoms with E-state index in [9.17, 15) is 4.79 Å². The van der Waals surface area contributed by atoms with Gasteiger partial charge in [-0.05, 0) is 6.42 Å². The molecule has 0 aliphatic heterocycles. The number of hydrogen-bond donors (Lipinski definition) is 1. The van der Waals surface area contributed by atoms with Crippen molar-refractivity contribution in [2.75, 3.05) is 0 Å². The van der Waals surface area contributed by atoms with E-state index in [0.29, 0.717) is 0 Å². The van der Waals surface area contributed by atoms with Crippen LogP contribution in [0.5, 0.6) is 0 Å². The van der Waals surface area contributed by atoms with E-state index in [2.05, 4.69) is 0 Å². The lowest BCUT2D eigenvalue weighted by atomic mass is 10.1. The summed E-state index contributed by atoms with van der Waals surface area (Å²) in [6.45, 7) is 1.58. The van der Waals surface area contributed by atoms with Gasteiger partial charge in [0.15, 0.2) is 0 Å². The number of carboxylic acids is 1. The molecule has 0 aromatic heterocycles. The van der Waals surface area contributed by atoms with Gasteiger partial charge in [0.2, 0.25) is 0 Å². The summed E-state index contributed by atoms with van der Waals surface area (Å²) in [5.74, 6) is -1.20. The van der Waals surface area contributed by atoms with Crippen molar-refractivity contribution in [2.24, 2.45) is 0 Å². The molecular formula is C7H6N2O2. The third kappa shape index (κ3) is 2.11. The summed E-state index contributed by atoms with van der Waals surface area (Å²) in [5, 5.41) is 25.0. The van der Waals surface area contributed by atoms with E-state index in [1.54, 1.807) is 6.92 Å². The molecule has 0 bridgehead atoms. The van der Waals surface area contributed by atoms with Gasteiger partial charge in [-0.25, -0.2) is 4.79 Å². The fourth-order valence-corrected chi connectivity index (χ4v) is 0.595. The highest BCUT2D eigenvalue weighted by atomic mass is 16.4. The van der Waals surface area contributed by atoms with Gasteiger partial charge in [0.25, 0.3) is 0 Å². The van der Waals surface area contributed by atoms with Crippen LogP contribution in [-0.4, -0.2) is 11.1 Å². The van der Waals surface area contributed by atoms with Crippen LogP contribution in [0.1, 0.15) is 13.3 Å². The van der Waals surface area contributed by atoms with Gasteiger partial charge in [0.1, 0.15) is 17.7 Å². The molecule has 0 aliphatic rings. The molecule has 0 aromatic carbocycles. The lowest BCUT2D eigenvalue weighted by Crippen LogP contribution is -2.01. The fourth-order valence-electron chi connectivity index (χ4n) is 0.595. The van der Waals surface area contributed by atoms with Crippen LogP contribution in [0.3, 0.4) is 0 Å². The van der Waals surface area contributed by atoms with Crippen LogP contribution in [0.2, 0.25) is 0 Å². The van der Waals surface area contributed by atoms with E-state index >= 15 is 0 Å². The Kier molecular flexibility index (Phi) is 3.41. The topological polar surface area (TPSA) is 84.9 Å². The minimum Gasteiger partial charge on any atom is -0.478 e. The molecule has 0 spiro atoms. The second-order valence-electron chi connectivity index (χ2n) is 1.74. The Balaban J connectivity index is 5.03. The third-order valence-electron chi connectivity index (χ3n) is 1.14. The highest BCUT2D eigenvalue weighted by Crippen LogP contribution is 2.06. The van der Waals surface area contributed by atoms with Crippen molar-refractivity contribution < 1.29 is 9.90 Å². The summed E-state index contributed by atoms with van der Waals surface area (Å²) in [5.41, 5.74) is -0.449. The zero-order valence-electron chi connectivity index (χ0n) is 5.96. The molecule has 0 saturated heterocycles. The summed E-state index contributed by atoms with van der Waals surface area (Å²) in [4.78, 5) is 10.3. The molecule has 0 fully saturated rings. The molecule has 0 aliphatic carbocycles. The molecule has 0 heterocycles. The summed E-state index contributed by atoms with van der Waals surface area (Å²) in [6.07, 6.45) is 0.186. The van der Waals surface area contributed by atoms with Crippen LogP contribution in [0.4, 0.5) is 0 Å². The minimum absolute atomic E-state index is 0.130. The normalized spacial score (nSPS) is 7.55. The molecule has 0 saturated carbocycles. The molecule has 0 rings (SSSR count). The Bertz CT molecular complexity index is 262. The molecule has 1 N–H and O–H groups in total. The molecular weight excluding hydrogens is 144 g/mol. The van der Waals surface area contributed by atoms with E-state index in [1.165, 1.54) is 12.1 Å². The maximum absolute atomic E-state index is 10.3. The van der Waals surface area contributed by atoms with E-state index in [-0.39, 0.29) is 17.6 Å². The highest BCUT2D eigenvalue weighted by molar-refractivity contribution is 5.89. The van der Waals surface area contributed by atoms with Gasteiger partial charge in [0.05, 0.1) is 5.57 Å². The standard InChI is InChI=1S/C7H6N2O2/c1-2-6(7(10)11)5(3-8)4-9/h2H2,1H3,(H,10,11). The number of hydrogen-bond acceptors (Lipinski definition) is 3. The average Bonchev–Trinajstić information content (AvgIpc) is 1.99. The van der Waals surface area contributed by atoms with Crippen molar-refractivity contribution in [2.45, 2.75) is 13.3 Å². The second-order valence-corrected chi connectivity index (χ2v) is 1.74. The first kappa shape index (κ1) is 9.19. The van der Waals surface area contributed by atoms with Crippen LogP contribution in [0.25, 0.3) is 0 Å². The lowest BCUT2D eigenvalue weighted by molar-refractivity contribution is -0.132. The molecule has 56 valence electrons. The summed E-state index contributed by atoms with van der Waals surface area (Å²) in [6, 6.07) is 3.04. The van der Waals surface area contributed by atoms with Crippen LogP contribution in [0.15, 0.2) is 11.1 Å². The van der Waals surface area contributed by atoms with Gasteiger partial charge >= 0.3 is 5.97 Å². The minimum atomic E-state index is -1.20. The van der Waals surface area contributed by atoms with Crippen molar-refractivity contribution in [3.8, 4) is 12.1 Å². The van der Waals surface area contributed by atoms with Crippen molar-refractivity contribution >= 4 is 5.97 Å². The van der Waals surface area contributed by atoms with Crippen LogP contribution in [-0.2, 0) is 4.79 Å². The predicted molar refractivity (Wildman–Crippen MR) is 36.2 cm³/mol. The Hall–Kier alpha value is -1.81. The smallest absolute Gasteiger partial charge is 0.333 e. The van der Waals surface area contributed by atoms with Crippen molar-refractivity contribution in [1.29, 1.82) is 10.5 Å². The zero-order chi connectivity index (χ0) is 8.85. The molecule has 0 amide bonds. The Morgan fingerprint density at radius 1 is 1.45 bits per heavy atom. The predicted octanol–water partition coefficient (Wildman–Crippen LogP) is 0.825. The van der Waals surface area contributed by atoms with Gasteiger partial charge in [-0.15, -0.1) is 0 Å². The Labute approximate surface area is 64.0 Å². The van der Waals surface area contributed by atoms with Crippen LogP contribution >= 0.6 is 0 Å². The van der Waals surface area contributed by atoms with Crippen molar-refractivity contribution in [3.63, 3.8) is 0 Å². The van der Waals surface area contributed by atoms with Gasteiger partial charge in [-0.3, -0.25) is 0 Å². The first-order valence-corrected chi connectivity index (χ1v) is 2.94. The van der Waals surface area contributed by atoms with Gasteiger partial charge in [0, 0.05) is 0 Å². The molecule has 0 aromatic rings. The first-order valence-electron chi connectivity index (χ1n) is 2.94. The molecule has 0 unspecified atom stereocenters. The van der Waals surface area contributed by atoms with Crippen molar-refractivity contribution in [3.05, 3.63) is 11.1 Å². The number of aliphatic carboxylic acids is 1. The highest BCUT2D eigenvalue weighted by Gasteiger charge is 2.10. The largest absolute Gasteiger partial charge is 0.478 e. The lowest BCUT2D eigenvalue weighted by Gasteiger charge is -1.93. The molecule has 11 heavy (non-hydrogen) atoms. The maximum atomic E-state index is 10.3. The van der Waals surface area contributed by atoms with Gasteiger partial charge in [-0.2, -0.15) is 10.5 Å².